The fourth-order valence-electron chi connectivity index (χ4n) is 10.2. The summed E-state index contributed by atoms with van der Waals surface area (Å²) in [5, 5.41) is 13.8. The molecule has 14 aromatic rings. The van der Waals surface area contributed by atoms with Crippen LogP contribution in [0.25, 0.3) is 138 Å². The van der Waals surface area contributed by atoms with Crippen molar-refractivity contribution in [3.63, 3.8) is 0 Å². The molecule has 0 fully saturated rings. The highest BCUT2D eigenvalue weighted by Crippen LogP contribution is 2.42. The number of aromatic nitrogens is 4. The Hall–Kier alpha value is -8.93. The number of rotatable bonds is 5. The fourth-order valence-corrected chi connectivity index (χ4v) is 10.2. The number of nitrogens with zero attached hydrogens (tertiary/aromatic N) is 4. The van der Waals surface area contributed by atoms with E-state index in [0.29, 0.717) is 17.5 Å². The molecule has 0 radical (unpaired) electrons. The molecule has 0 unspecified atom stereocenters. The fraction of sp³-hybridized carbons (Fsp3) is 0. The molecule has 0 saturated carbocycles. The minimum Gasteiger partial charge on any atom is -0.456 e. The average Bonchev–Trinajstić information content (AvgIpc) is 3.93. The Morgan fingerprint density at radius 1 is 0.303 bits per heavy atom. The molecule has 66 heavy (non-hydrogen) atoms. The van der Waals surface area contributed by atoms with E-state index in [-0.39, 0.29) is 0 Å². The number of furan rings is 1. The van der Waals surface area contributed by atoms with Gasteiger partial charge < -0.3 is 8.98 Å². The lowest BCUT2D eigenvalue weighted by Crippen LogP contribution is -2.00. The largest absolute Gasteiger partial charge is 0.456 e. The van der Waals surface area contributed by atoms with Gasteiger partial charge in [-0.1, -0.05) is 164 Å². The Kier molecular flexibility index (Phi) is 7.91. The monoisotopic (exact) mass is 840 g/mol. The highest BCUT2D eigenvalue weighted by Gasteiger charge is 2.21. The van der Waals surface area contributed by atoms with Gasteiger partial charge in [0.2, 0.25) is 0 Å². The molecule has 0 spiro atoms. The van der Waals surface area contributed by atoms with Crippen molar-refractivity contribution in [3.8, 4) is 51.0 Å². The molecular weight excluding hydrogens is 805 g/mol. The van der Waals surface area contributed by atoms with Crippen molar-refractivity contribution in [2.75, 3.05) is 0 Å². The van der Waals surface area contributed by atoms with E-state index < -0.39 is 0 Å². The number of hydrogen-bond donors (Lipinski definition) is 0. The van der Waals surface area contributed by atoms with Gasteiger partial charge in [0, 0.05) is 43.9 Å². The third kappa shape index (κ3) is 5.70. The maximum atomic E-state index is 6.75. The predicted octanol–water partition coefficient (Wildman–Crippen LogP) is 16.1. The second kappa shape index (κ2) is 14.3. The van der Waals surface area contributed by atoms with Crippen LogP contribution in [0, 0.1) is 0 Å². The topological polar surface area (TPSA) is 56.7 Å². The molecule has 11 aromatic carbocycles. The first-order valence-electron chi connectivity index (χ1n) is 22.3. The molecule has 0 N–H and O–H groups in total. The van der Waals surface area contributed by atoms with Gasteiger partial charge in [0.1, 0.15) is 11.2 Å². The average molecular weight is 841 g/mol. The summed E-state index contributed by atoms with van der Waals surface area (Å²) >= 11 is 0. The van der Waals surface area contributed by atoms with Gasteiger partial charge in [0.25, 0.3) is 0 Å². The second-order valence-electron chi connectivity index (χ2n) is 17.2. The van der Waals surface area contributed by atoms with Crippen molar-refractivity contribution >= 4 is 86.8 Å². The Morgan fingerprint density at radius 3 is 1.77 bits per heavy atom. The summed E-state index contributed by atoms with van der Waals surface area (Å²) in [4.78, 5) is 16.0. The minimum absolute atomic E-state index is 0.578. The van der Waals surface area contributed by atoms with E-state index in [9.17, 15) is 0 Å². The van der Waals surface area contributed by atoms with Gasteiger partial charge in [-0.3, -0.25) is 0 Å². The zero-order valence-corrected chi connectivity index (χ0v) is 35.5. The predicted molar refractivity (Wildman–Crippen MR) is 273 cm³/mol. The van der Waals surface area contributed by atoms with Crippen molar-refractivity contribution < 1.29 is 4.42 Å². The van der Waals surface area contributed by atoms with Crippen molar-refractivity contribution in [2.24, 2.45) is 0 Å². The van der Waals surface area contributed by atoms with Crippen molar-refractivity contribution in [1.29, 1.82) is 0 Å². The van der Waals surface area contributed by atoms with E-state index in [1.165, 1.54) is 37.8 Å². The Bertz CT molecular complexity index is 4300. The number of fused-ring (bicyclic) bond motifs is 12. The molecule has 306 valence electrons. The maximum Gasteiger partial charge on any atom is 0.164 e. The Labute approximate surface area is 378 Å². The molecule has 0 aliphatic heterocycles. The van der Waals surface area contributed by atoms with Crippen molar-refractivity contribution in [3.05, 3.63) is 218 Å². The smallest absolute Gasteiger partial charge is 0.164 e. The van der Waals surface area contributed by atoms with Gasteiger partial charge in [-0.25, -0.2) is 15.0 Å². The van der Waals surface area contributed by atoms with Crippen LogP contribution < -0.4 is 0 Å². The summed E-state index contributed by atoms with van der Waals surface area (Å²) in [6.45, 7) is 0. The van der Waals surface area contributed by atoms with Crippen LogP contribution in [0.5, 0.6) is 0 Å². The van der Waals surface area contributed by atoms with Crippen LogP contribution in [0.1, 0.15) is 0 Å². The molecule has 14 rings (SSSR count). The summed E-state index contributed by atoms with van der Waals surface area (Å²) in [6.07, 6.45) is 0. The third-order valence-corrected chi connectivity index (χ3v) is 13.4. The van der Waals surface area contributed by atoms with Crippen LogP contribution in [0.2, 0.25) is 0 Å². The molecule has 0 amide bonds. The van der Waals surface area contributed by atoms with E-state index in [2.05, 4.69) is 205 Å². The SMILES string of the molecule is c1ccc(-c2cccc(-c3nc(-c4ccc5ccc6ccccc6c5c4)nc(-c4cccc5oc6ccc7ccc(-n8c9ccccc9c9cc%10ccccc%10cc98)cc7c6c45)n3)c2)cc1. The second-order valence-corrected chi connectivity index (χ2v) is 17.2. The molecule has 0 aliphatic carbocycles. The summed E-state index contributed by atoms with van der Waals surface area (Å²) in [5.74, 6) is 1.78. The molecule has 3 heterocycles. The molecular formula is C61H36N4O. The van der Waals surface area contributed by atoms with Gasteiger partial charge >= 0.3 is 0 Å². The van der Waals surface area contributed by atoms with Gasteiger partial charge in [0.05, 0.1) is 11.0 Å². The zero-order valence-electron chi connectivity index (χ0n) is 35.5. The van der Waals surface area contributed by atoms with Gasteiger partial charge in [-0.2, -0.15) is 0 Å². The zero-order chi connectivity index (χ0) is 43.3. The van der Waals surface area contributed by atoms with Gasteiger partial charge in [0.15, 0.2) is 17.5 Å². The lowest BCUT2D eigenvalue weighted by atomic mass is 9.99. The van der Waals surface area contributed by atoms with Crippen LogP contribution in [-0.2, 0) is 0 Å². The molecule has 0 bridgehead atoms. The van der Waals surface area contributed by atoms with Crippen LogP contribution >= 0.6 is 0 Å². The highest BCUT2D eigenvalue weighted by atomic mass is 16.3. The van der Waals surface area contributed by atoms with Gasteiger partial charge in [-0.15, -0.1) is 0 Å². The first-order valence-corrected chi connectivity index (χ1v) is 22.3. The summed E-state index contributed by atoms with van der Waals surface area (Å²) in [5.41, 5.74) is 9.92. The normalized spacial score (nSPS) is 11.9. The molecule has 3 aromatic heterocycles. The van der Waals surface area contributed by atoms with Crippen molar-refractivity contribution in [1.82, 2.24) is 19.5 Å². The van der Waals surface area contributed by atoms with E-state index in [1.807, 2.05) is 18.2 Å². The number of para-hydroxylation sites is 1. The molecule has 0 aliphatic rings. The first kappa shape index (κ1) is 36.5. The molecule has 0 saturated heterocycles. The van der Waals surface area contributed by atoms with Crippen molar-refractivity contribution in [2.45, 2.75) is 0 Å². The third-order valence-electron chi connectivity index (χ3n) is 13.4. The Balaban J connectivity index is 1.02. The Morgan fingerprint density at radius 2 is 0.909 bits per heavy atom. The quantitative estimate of drug-likeness (QED) is 0.162. The summed E-state index contributed by atoms with van der Waals surface area (Å²) in [6, 6.07) is 77.5. The van der Waals surface area contributed by atoms with E-state index in [0.717, 1.165) is 82.5 Å². The van der Waals surface area contributed by atoms with Crippen LogP contribution in [0.4, 0.5) is 0 Å². The van der Waals surface area contributed by atoms with Crippen LogP contribution in [-0.4, -0.2) is 19.5 Å². The lowest BCUT2D eigenvalue weighted by molar-refractivity contribution is 0.669. The highest BCUT2D eigenvalue weighted by molar-refractivity contribution is 6.23. The summed E-state index contributed by atoms with van der Waals surface area (Å²) in [7, 11) is 0. The standard InChI is InChI=1S/C61H36N4O/c1-2-12-37(13-3-1)41-17-10-18-44(32-41)59-62-60(45-27-26-39-25-24-38-14-6-7-19-47(38)50(39)34-45)64-61(63-59)49-21-11-23-55-57(49)58-51-36-46(30-28-40(51)29-31-56(58)66-55)65-53-22-9-8-20-48(53)52-33-42-15-4-5-16-43(42)35-54(52)65/h1-36H. The van der Waals surface area contributed by atoms with Crippen LogP contribution in [0.3, 0.4) is 0 Å². The maximum absolute atomic E-state index is 6.75. The number of hydrogen-bond acceptors (Lipinski definition) is 4. The summed E-state index contributed by atoms with van der Waals surface area (Å²) < 4.78 is 9.15. The van der Waals surface area contributed by atoms with Crippen LogP contribution in [0.15, 0.2) is 223 Å². The minimum atomic E-state index is 0.578. The molecule has 5 heteroatoms. The molecule has 0 atom stereocenters. The first-order chi connectivity index (χ1) is 32.7. The van der Waals surface area contributed by atoms with Gasteiger partial charge in [-0.05, 0) is 109 Å². The van der Waals surface area contributed by atoms with E-state index in [1.54, 1.807) is 0 Å². The lowest BCUT2D eigenvalue weighted by Gasteiger charge is -2.12. The number of benzene rings is 11. The van der Waals surface area contributed by atoms with E-state index >= 15 is 0 Å². The molecule has 5 nitrogen and oxygen atoms in total. The van der Waals surface area contributed by atoms with E-state index in [4.69, 9.17) is 19.4 Å².